The lowest BCUT2D eigenvalue weighted by Gasteiger charge is -2.28. The van der Waals surface area contributed by atoms with Crippen LogP contribution in [0.2, 0.25) is 0 Å². The van der Waals surface area contributed by atoms with Crippen LogP contribution in [0.3, 0.4) is 0 Å². The van der Waals surface area contributed by atoms with Gasteiger partial charge in [-0.05, 0) is 36.5 Å². The van der Waals surface area contributed by atoms with E-state index >= 15 is 0 Å². The highest BCUT2D eigenvalue weighted by molar-refractivity contribution is 5.89. The van der Waals surface area contributed by atoms with Crippen LogP contribution < -0.4 is 4.90 Å². The molecule has 1 aliphatic heterocycles. The van der Waals surface area contributed by atoms with Gasteiger partial charge in [-0.15, -0.1) is 0 Å². The molecule has 0 aromatic heterocycles. The van der Waals surface area contributed by atoms with E-state index in [1.165, 1.54) is 17.0 Å². The fourth-order valence-corrected chi connectivity index (χ4v) is 2.98. The number of alkyl halides is 2. The molecule has 0 spiro atoms. The van der Waals surface area contributed by atoms with E-state index in [2.05, 4.69) is 0 Å². The fraction of sp³-hybridized carbons (Fsp3) is 0.533. The number of benzene rings is 1. The predicted octanol–water partition coefficient (Wildman–Crippen LogP) is 4.08. The number of amides is 1. The first-order valence-corrected chi connectivity index (χ1v) is 7.08. The number of anilines is 1. The van der Waals surface area contributed by atoms with E-state index in [0.717, 1.165) is 5.56 Å². The second-order valence-corrected chi connectivity index (χ2v) is 5.61. The third-order valence-electron chi connectivity index (χ3n) is 4.21. The summed E-state index contributed by atoms with van der Waals surface area (Å²) in [6.07, 6.45) is -0.146. The van der Waals surface area contributed by atoms with Gasteiger partial charge in [-0.1, -0.05) is 6.07 Å². The van der Waals surface area contributed by atoms with Crippen molar-refractivity contribution in [2.45, 2.75) is 37.5 Å². The average molecular weight is 299 g/mol. The van der Waals surface area contributed by atoms with Crippen molar-refractivity contribution in [3.05, 3.63) is 29.6 Å². The van der Waals surface area contributed by atoms with E-state index in [4.69, 9.17) is 4.74 Å². The van der Waals surface area contributed by atoms with Crippen molar-refractivity contribution in [2.75, 3.05) is 18.1 Å². The standard InChI is InChI=1S/C15H16F3NO2/c16-12-9-11(10-3-5-15(17,18)6-4-10)1-2-13(12)19-7-8-21-14(19)20/h1-2,9-10H,3-8H2. The Hall–Kier alpha value is -1.72. The number of carbonyl (C=O) groups is 1. The van der Waals surface area contributed by atoms with E-state index in [1.807, 2.05) is 0 Å². The maximum atomic E-state index is 14.2. The zero-order chi connectivity index (χ0) is 15.0. The normalized spacial score (nSPS) is 22.4. The Kier molecular flexibility index (Phi) is 3.55. The highest BCUT2D eigenvalue weighted by Gasteiger charge is 2.35. The van der Waals surface area contributed by atoms with Gasteiger partial charge in [0.15, 0.2) is 0 Å². The minimum absolute atomic E-state index is 0.0429. The van der Waals surface area contributed by atoms with Gasteiger partial charge >= 0.3 is 6.09 Å². The number of ether oxygens (including phenoxy) is 1. The topological polar surface area (TPSA) is 29.5 Å². The average Bonchev–Trinajstić information content (AvgIpc) is 2.85. The van der Waals surface area contributed by atoms with Crippen molar-refractivity contribution in [1.29, 1.82) is 0 Å². The molecule has 1 amide bonds. The summed E-state index contributed by atoms with van der Waals surface area (Å²) in [5.41, 5.74) is 0.904. The zero-order valence-corrected chi connectivity index (χ0v) is 11.4. The molecule has 0 atom stereocenters. The van der Waals surface area contributed by atoms with Crippen LogP contribution in [0.4, 0.5) is 23.7 Å². The molecule has 1 saturated heterocycles. The van der Waals surface area contributed by atoms with Crippen molar-refractivity contribution in [3.63, 3.8) is 0 Å². The summed E-state index contributed by atoms with van der Waals surface area (Å²) in [6.45, 7) is 0.572. The third-order valence-corrected chi connectivity index (χ3v) is 4.21. The molecule has 0 N–H and O–H groups in total. The highest BCUT2D eigenvalue weighted by atomic mass is 19.3. The number of rotatable bonds is 2. The van der Waals surface area contributed by atoms with Crippen molar-refractivity contribution in [2.24, 2.45) is 0 Å². The van der Waals surface area contributed by atoms with Gasteiger partial charge in [-0.25, -0.2) is 18.0 Å². The number of cyclic esters (lactones) is 1. The van der Waals surface area contributed by atoms with Crippen LogP contribution in [0.25, 0.3) is 0 Å². The van der Waals surface area contributed by atoms with Crippen molar-refractivity contribution < 1.29 is 22.7 Å². The molecule has 114 valence electrons. The van der Waals surface area contributed by atoms with Gasteiger partial charge in [0.05, 0.1) is 12.2 Å². The number of carbonyl (C=O) groups excluding carboxylic acids is 1. The lowest BCUT2D eigenvalue weighted by Crippen LogP contribution is -2.25. The smallest absolute Gasteiger partial charge is 0.414 e. The maximum absolute atomic E-state index is 14.2. The van der Waals surface area contributed by atoms with E-state index in [-0.39, 0.29) is 31.1 Å². The molecular formula is C15H16F3NO2. The monoisotopic (exact) mass is 299 g/mol. The molecule has 0 bridgehead atoms. The predicted molar refractivity (Wildman–Crippen MR) is 71.3 cm³/mol. The van der Waals surface area contributed by atoms with Crippen LogP contribution in [-0.4, -0.2) is 25.2 Å². The Morgan fingerprint density at radius 1 is 1.24 bits per heavy atom. The van der Waals surface area contributed by atoms with Gasteiger partial charge in [0.2, 0.25) is 5.92 Å². The fourth-order valence-electron chi connectivity index (χ4n) is 2.98. The van der Waals surface area contributed by atoms with E-state index in [9.17, 15) is 18.0 Å². The molecule has 3 rings (SSSR count). The number of nitrogens with zero attached hydrogens (tertiary/aromatic N) is 1. The Balaban J connectivity index is 1.77. The molecule has 1 heterocycles. The first kappa shape index (κ1) is 14.2. The highest BCUT2D eigenvalue weighted by Crippen LogP contribution is 2.41. The molecule has 3 nitrogen and oxygen atoms in total. The third kappa shape index (κ3) is 2.84. The molecular weight excluding hydrogens is 283 g/mol. The van der Waals surface area contributed by atoms with E-state index in [0.29, 0.717) is 19.4 Å². The SMILES string of the molecule is O=C1OCCN1c1ccc(C2CCC(F)(F)CC2)cc1F. The Bertz CT molecular complexity index is 552. The largest absolute Gasteiger partial charge is 0.447 e. The second-order valence-electron chi connectivity index (χ2n) is 5.61. The zero-order valence-electron chi connectivity index (χ0n) is 11.4. The van der Waals surface area contributed by atoms with Gasteiger partial charge in [0, 0.05) is 12.8 Å². The summed E-state index contributed by atoms with van der Waals surface area (Å²) < 4.78 is 45.3. The first-order chi connectivity index (χ1) is 9.96. The Morgan fingerprint density at radius 3 is 2.52 bits per heavy atom. The van der Waals surface area contributed by atoms with Gasteiger partial charge in [0.25, 0.3) is 0 Å². The lowest BCUT2D eigenvalue weighted by molar-refractivity contribution is -0.0382. The van der Waals surface area contributed by atoms with Crippen LogP contribution in [0.5, 0.6) is 0 Å². The summed E-state index contributed by atoms with van der Waals surface area (Å²) in [6, 6.07) is 4.61. The maximum Gasteiger partial charge on any atom is 0.414 e. The van der Waals surface area contributed by atoms with Crippen LogP contribution in [0.1, 0.15) is 37.2 Å². The Labute approximate surface area is 120 Å². The summed E-state index contributed by atoms with van der Waals surface area (Å²) in [5, 5.41) is 0. The van der Waals surface area contributed by atoms with E-state index < -0.39 is 17.8 Å². The van der Waals surface area contributed by atoms with Crippen LogP contribution in [-0.2, 0) is 4.74 Å². The van der Waals surface area contributed by atoms with Gasteiger partial charge < -0.3 is 4.74 Å². The molecule has 1 aliphatic carbocycles. The molecule has 2 fully saturated rings. The van der Waals surface area contributed by atoms with Gasteiger partial charge in [-0.3, -0.25) is 4.90 Å². The van der Waals surface area contributed by atoms with Crippen LogP contribution in [0, 0.1) is 5.82 Å². The lowest BCUT2D eigenvalue weighted by atomic mass is 9.82. The summed E-state index contributed by atoms with van der Waals surface area (Å²) >= 11 is 0. The molecule has 1 aromatic rings. The summed E-state index contributed by atoms with van der Waals surface area (Å²) in [4.78, 5) is 12.7. The molecule has 21 heavy (non-hydrogen) atoms. The number of hydrogen-bond donors (Lipinski definition) is 0. The number of halogens is 3. The van der Waals surface area contributed by atoms with Crippen LogP contribution in [0.15, 0.2) is 18.2 Å². The molecule has 2 aliphatic rings. The summed E-state index contributed by atoms with van der Waals surface area (Å²) in [7, 11) is 0. The van der Waals surface area contributed by atoms with Crippen molar-refractivity contribution in [1.82, 2.24) is 0 Å². The molecule has 1 aromatic carbocycles. The summed E-state index contributed by atoms with van der Waals surface area (Å²) in [5.74, 6) is -3.14. The molecule has 6 heteroatoms. The van der Waals surface area contributed by atoms with Crippen LogP contribution >= 0.6 is 0 Å². The minimum Gasteiger partial charge on any atom is -0.447 e. The van der Waals surface area contributed by atoms with E-state index in [1.54, 1.807) is 6.07 Å². The second kappa shape index (κ2) is 5.24. The minimum atomic E-state index is -2.59. The Morgan fingerprint density at radius 2 is 1.95 bits per heavy atom. The molecule has 0 radical (unpaired) electrons. The van der Waals surface area contributed by atoms with Gasteiger partial charge in [-0.2, -0.15) is 0 Å². The first-order valence-electron chi connectivity index (χ1n) is 7.08. The van der Waals surface area contributed by atoms with Gasteiger partial charge in [0.1, 0.15) is 12.4 Å². The molecule has 1 saturated carbocycles. The molecule has 0 unspecified atom stereocenters. The van der Waals surface area contributed by atoms with Crippen molar-refractivity contribution in [3.8, 4) is 0 Å². The number of hydrogen-bond acceptors (Lipinski definition) is 2. The van der Waals surface area contributed by atoms with Crippen molar-refractivity contribution >= 4 is 11.8 Å². The quantitative estimate of drug-likeness (QED) is 0.823.